The van der Waals surface area contributed by atoms with E-state index in [1.165, 1.54) is 12.8 Å². The van der Waals surface area contributed by atoms with Gasteiger partial charge in [0.1, 0.15) is 5.75 Å². The molecule has 2 aromatic carbocycles. The van der Waals surface area contributed by atoms with Crippen molar-refractivity contribution in [3.05, 3.63) is 54.2 Å². The minimum atomic E-state index is -0.768. The van der Waals surface area contributed by atoms with E-state index in [0.717, 1.165) is 46.2 Å². The summed E-state index contributed by atoms with van der Waals surface area (Å²) in [6, 6.07) is 14.4. The van der Waals surface area contributed by atoms with Crippen molar-refractivity contribution in [2.45, 2.75) is 45.1 Å². The number of carboxylic acid groups (broad SMARTS) is 1. The molecule has 1 fully saturated rings. The second kappa shape index (κ2) is 7.47. The van der Waals surface area contributed by atoms with Crippen LogP contribution in [0.4, 0.5) is 0 Å². The number of ether oxygens (including phenoxy) is 1. The van der Waals surface area contributed by atoms with Crippen molar-refractivity contribution in [2.24, 2.45) is 5.92 Å². The van der Waals surface area contributed by atoms with Gasteiger partial charge >= 0.3 is 5.97 Å². The van der Waals surface area contributed by atoms with Crippen molar-refractivity contribution in [1.29, 1.82) is 0 Å². The molecule has 1 unspecified atom stereocenters. The SMILES string of the molecule is CC(Cc1ccc(OC2CCCC2)c(-c2cccc3[nH]ccc23)c1)C(=O)O. The van der Waals surface area contributed by atoms with E-state index >= 15 is 0 Å². The number of benzene rings is 2. The number of hydrogen-bond donors (Lipinski definition) is 2. The highest BCUT2D eigenvalue weighted by molar-refractivity contribution is 5.96. The molecule has 4 rings (SSSR count). The number of nitrogens with one attached hydrogen (secondary N) is 1. The van der Waals surface area contributed by atoms with Crippen LogP contribution in [0.25, 0.3) is 22.0 Å². The molecule has 0 bridgehead atoms. The number of aliphatic carboxylic acids is 1. The first-order valence-corrected chi connectivity index (χ1v) is 9.70. The van der Waals surface area contributed by atoms with E-state index in [4.69, 9.17) is 4.74 Å². The van der Waals surface area contributed by atoms with E-state index in [1.54, 1.807) is 6.92 Å². The van der Waals surface area contributed by atoms with Crippen LogP contribution in [0, 0.1) is 5.92 Å². The molecule has 2 N–H and O–H groups in total. The second-order valence-electron chi connectivity index (χ2n) is 7.54. The third kappa shape index (κ3) is 3.70. The summed E-state index contributed by atoms with van der Waals surface area (Å²) in [5.74, 6) is -0.291. The van der Waals surface area contributed by atoms with Crippen molar-refractivity contribution in [2.75, 3.05) is 0 Å². The van der Waals surface area contributed by atoms with Gasteiger partial charge in [0.2, 0.25) is 0 Å². The number of aromatic nitrogens is 1. The smallest absolute Gasteiger partial charge is 0.306 e. The molecule has 0 spiro atoms. The van der Waals surface area contributed by atoms with Crippen molar-refractivity contribution >= 4 is 16.9 Å². The maximum absolute atomic E-state index is 11.3. The lowest BCUT2D eigenvalue weighted by Gasteiger charge is -2.19. The van der Waals surface area contributed by atoms with Crippen LogP contribution in [0.1, 0.15) is 38.2 Å². The zero-order valence-electron chi connectivity index (χ0n) is 15.6. The Kier molecular flexibility index (Phi) is 4.88. The van der Waals surface area contributed by atoms with Gasteiger partial charge in [0.05, 0.1) is 12.0 Å². The van der Waals surface area contributed by atoms with Crippen molar-refractivity contribution in [3.63, 3.8) is 0 Å². The molecular weight excluding hydrogens is 338 g/mol. The molecule has 1 aliphatic rings. The Balaban J connectivity index is 1.77. The first-order valence-electron chi connectivity index (χ1n) is 9.70. The Hall–Kier alpha value is -2.75. The van der Waals surface area contributed by atoms with E-state index in [1.807, 2.05) is 24.4 Å². The van der Waals surface area contributed by atoms with Crippen LogP contribution < -0.4 is 4.74 Å². The Bertz CT molecular complexity index is 953. The first kappa shape index (κ1) is 17.7. The second-order valence-corrected chi connectivity index (χ2v) is 7.54. The molecule has 1 saturated carbocycles. The highest BCUT2D eigenvalue weighted by Crippen LogP contribution is 2.38. The van der Waals surface area contributed by atoms with E-state index in [9.17, 15) is 9.90 Å². The number of carbonyl (C=O) groups is 1. The number of rotatable bonds is 6. The normalized spacial score (nSPS) is 15.9. The minimum absolute atomic E-state index is 0.276. The van der Waals surface area contributed by atoms with Crippen LogP contribution in [0.2, 0.25) is 0 Å². The fourth-order valence-electron chi connectivity index (χ4n) is 3.96. The molecule has 0 aliphatic heterocycles. The molecule has 0 radical (unpaired) electrons. The summed E-state index contributed by atoms with van der Waals surface area (Å²) in [6.07, 6.45) is 7.38. The summed E-state index contributed by atoms with van der Waals surface area (Å²) in [4.78, 5) is 14.5. The van der Waals surface area contributed by atoms with Crippen molar-refractivity contribution in [3.8, 4) is 16.9 Å². The van der Waals surface area contributed by atoms with Crippen LogP contribution in [0.3, 0.4) is 0 Å². The Labute approximate surface area is 159 Å². The predicted molar refractivity (Wildman–Crippen MR) is 107 cm³/mol. The third-order valence-corrected chi connectivity index (χ3v) is 5.49. The molecule has 1 heterocycles. The van der Waals surface area contributed by atoms with Crippen molar-refractivity contribution < 1.29 is 14.6 Å². The Morgan fingerprint density at radius 2 is 2.00 bits per heavy atom. The maximum Gasteiger partial charge on any atom is 0.306 e. The van der Waals surface area contributed by atoms with Crippen LogP contribution in [-0.2, 0) is 11.2 Å². The van der Waals surface area contributed by atoms with Gasteiger partial charge in [0, 0.05) is 22.7 Å². The highest BCUT2D eigenvalue weighted by Gasteiger charge is 2.20. The van der Waals surface area contributed by atoms with Crippen LogP contribution in [-0.4, -0.2) is 22.2 Å². The summed E-state index contributed by atoms with van der Waals surface area (Å²) in [7, 11) is 0. The number of aromatic amines is 1. The summed E-state index contributed by atoms with van der Waals surface area (Å²) < 4.78 is 6.37. The molecule has 4 nitrogen and oxygen atoms in total. The molecule has 0 amide bonds. The summed E-state index contributed by atoms with van der Waals surface area (Å²) in [6.45, 7) is 1.75. The van der Waals surface area contributed by atoms with Crippen LogP contribution in [0.5, 0.6) is 5.75 Å². The number of hydrogen-bond acceptors (Lipinski definition) is 2. The summed E-state index contributed by atoms with van der Waals surface area (Å²) >= 11 is 0. The maximum atomic E-state index is 11.3. The fraction of sp³-hybridized carbons (Fsp3) is 0.348. The van der Waals surface area contributed by atoms with Crippen LogP contribution in [0.15, 0.2) is 48.7 Å². The van der Waals surface area contributed by atoms with Gasteiger partial charge in [-0.1, -0.05) is 25.1 Å². The summed E-state index contributed by atoms with van der Waals surface area (Å²) in [5.41, 5.74) is 4.27. The van der Waals surface area contributed by atoms with Gasteiger partial charge in [-0.3, -0.25) is 4.79 Å². The van der Waals surface area contributed by atoms with Gasteiger partial charge in [0.25, 0.3) is 0 Å². The molecular formula is C23H25NO3. The van der Waals surface area contributed by atoms with Gasteiger partial charge in [-0.25, -0.2) is 0 Å². The van der Waals surface area contributed by atoms with E-state index in [-0.39, 0.29) is 6.10 Å². The number of H-pyrrole nitrogens is 1. The molecule has 4 heteroatoms. The molecule has 140 valence electrons. The zero-order valence-corrected chi connectivity index (χ0v) is 15.6. The highest BCUT2D eigenvalue weighted by atomic mass is 16.5. The van der Waals surface area contributed by atoms with E-state index < -0.39 is 11.9 Å². The van der Waals surface area contributed by atoms with Gasteiger partial charge in [-0.15, -0.1) is 0 Å². The van der Waals surface area contributed by atoms with Crippen molar-refractivity contribution in [1.82, 2.24) is 4.98 Å². The van der Waals surface area contributed by atoms with E-state index in [2.05, 4.69) is 29.2 Å². The fourth-order valence-corrected chi connectivity index (χ4v) is 3.96. The van der Waals surface area contributed by atoms with Gasteiger partial charge in [-0.2, -0.15) is 0 Å². The third-order valence-electron chi connectivity index (χ3n) is 5.49. The number of fused-ring (bicyclic) bond motifs is 1. The molecule has 1 atom stereocenters. The topological polar surface area (TPSA) is 62.3 Å². The molecule has 1 aliphatic carbocycles. The average molecular weight is 363 g/mol. The average Bonchev–Trinajstić information content (AvgIpc) is 3.34. The lowest BCUT2D eigenvalue weighted by Crippen LogP contribution is -2.13. The monoisotopic (exact) mass is 363 g/mol. The standard InChI is InChI=1S/C23H25NO3/c1-15(23(25)26)13-16-9-10-22(27-17-5-2-3-6-17)20(14-16)18-7-4-8-21-19(18)11-12-24-21/h4,7-12,14-15,17,24H,2-3,5-6,13H2,1H3,(H,25,26). The molecule has 0 saturated heterocycles. The zero-order chi connectivity index (χ0) is 18.8. The Morgan fingerprint density at radius 3 is 2.78 bits per heavy atom. The summed E-state index contributed by atoms with van der Waals surface area (Å²) in [5, 5.41) is 10.4. The lowest BCUT2D eigenvalue weighted by molar-refractivity contribution is -0.141. The molecule has 27 heavy (non-hydrogen) atoms. The Morgan fingerprint density at radius 1 is 1.19 bits per heavy atom. The first-order chi connectivity index (χ1) is 13.1. The van der Waals surface area contributed by atoms with Crippen LogP contribution >= 0.6 is 0 Å². The lowest BCUT2D eigenvalue weighted by atomic mass is 9.95. The van der Waals surface area contributed by atoms with Gasteiger partial charge in [0.15, 0.2) is 0 Å². The van der Waals surface area contributed by atoms with E-state index in [0.29, 0.717) is 6.42 Å². The largest absolute Gasteiger partial charge is 0.490 e. The quantitative estimate of drug-likeness (QED) is 0.615. The number of carboxylic acids is 1. The predicted octanol–water partition coefficient (Wildman–Crippen LogP) is 5.42. The molecule has 3 aromatic rings. The minimum Gasteiger partial charge on any atom is -0.490 e. The van der Waals surface area contributed by atoms with Gasteiger partial charge in [-0.05, 0) is 67.5 Å². The molecule has 1 aromatic heterocycles. The van der Waals surface area contributed by atoms with Gasteiger partial charge < -0.3 is 14.8 Å².